The van der Waals surface area contributed by atoms with E-state index in [1.165, 1.54) is 17.2 Å². The molecule has 5 nitrogen and oxygen atoms in total. The van der Waals surface area contributed by atoms with Crippen LogP contribution in [-0.2, 0) is 27.1 Å². The molecule has 0 aromatic heterocycles. The van der Waals surface area contributed by atoms with Crippen LogP contribution in [0.25, 0.3) is 0 Å². The van der Waals surface area contributed by atoms with Gasteiger partial charge in [-0.3, -0.25) is 4.79 Å². The van der Waals surface area contributed by atoms with Crippen LogP contribution >= 0.6 is 0 Å². The van der Waals surface area contributed by atoms with E-state index < -0.39 is 12.2 Å². The molecule has 0 bridgehead atoms. The largest absolute Gasteiger partial charge is 0.466 e. The number of rotatable bonds is 15. The first-order valence-corrected chi connectivity index (χ1v) is 13.0. The molecule has 36 heavy (non-hydrogen) atoms. The lowest BCUT2D eigenvalue weighted by atomic mass is 9.86. The van der Waals surface area contributed by atoms with Crippen molar-refractivity contribution in [3.05, 3.63) is 70.5 Å². The fourth-order valence-corrected chi connectivity index (χ4v) is 4.75. The van der Waals surface area contributed by atoms with Gasteiger partial charge in [0.15, 0.2) is 0 Å². The number of nitrogens with one attached hydrogen (secondary N) is 1. The van der Waals surface area contributed by atoms with Crippen LogP contribution < -0.4 is 5.32 Å². The number of β-amino-alcohol motifs (C(OH)–C–C–N with tert-alkyl or cyclic N) is 1. The molecule has 2 aromatic carbocycles. The van der Waals surface area contributed by atoms with Gasteiger partial charge in [-0.25, -0.2) is 4.39 Å². The zero-order chi connectivity index (χ0) is 26.7. The van der Waals surface area contributed by atoms with Crippen LogP contribution in [0.4, 0.5) is 4.39 Å². The summed E-state index contributed by atoms with van der Waals surface area (Å²) >= 11 is 0. The van der Waals surface area contributed by atoms with Crippen molar-refractivity contribution in [3.63, 3.8) is 0 Å². The number of hydrogen-bond donors (Lipinski definition) is 2. The number of aryl methyl sites for hydroxylation is 2. The predicted molar refractivity (Wildman–Crippen MR) is 142 cm³/mol. The highest BCUT2D eigenvalue weighted by Gasteiger charge is 2.23. The quantitative estimate of drug-likeness (QED) is 0.306. The molecule has 3 unspecified atom stereocenters. The van der Waals surface area contributed by atoms with Crippen molar-refractivity contribution in [2.45, 2.75) is 85.0 Å². The molecule has 0 saturated heterocycles. The van der Waals surface area contributed by atoms with Crippen LogP contribution in [-0.4, -0.2) is 42.5 Å². The molecule has 2 rings (SSSR count). The molecule has 0 amide bonds. The molecule has 2 N–H and O–H groups in total. The van der Waals surface area contributed by atoms with Crippen molar-refractivity contribution in [2.24, 2.45) is 5.92 Å². The van der Waals surface area contributed by atoms with Crippen molar-refractivity contribution < 1.29 is 23.8 Å². The number of esters is 1. The first-order valence-electron chi connectivity index (χ1n) is 13.0. The van der Waals surface area contributed by atoms with Gasteiger partial charge in [-0.2, -0.15) is 0 Å². The highest BCUT2D eigenvalue weighted by atomic mass is 19.1. The van der Waals surface area contributed by atoms with Gasteiger partial charge < -0.3 is 19.9 Å². The molecule has 200 valence electrons. The van der Waals surface area contributed by atoms with Crippen LogP contribution in [0.3, 0.4) is 0 Å². The van der Waals surface area contributed by atoms with Gasteiger partial charge in [0.25, 0.3) is 0 Å². The third-order valence-electron chi connectivity index (χ3n) is 6.50. The molecule has 6 heteroatoms. The van der Waals surface area contributed by atoms with E-state index in [9.17, 15) is 14.3 Å². The minimum atomic E-state index is -0.729. The number of benzene rings is 2. The Bertz CT molecular complexity index is 962. The average Bonchev–Trinajstić information content (AvgIpc) is 2.81. The van der Waals surface area contributed by atoms with Gasteiger partial charge in [0.2, 0.25) is 0 Å². The summed E-state index contributed by atoms with van der Waals surface area (Å²) in [4.78, 5) is 11.7. The Morgan fingerprint density at radius 3 is 2.50 bits per heavy atom. The molecule has 0 aliphatic heterocycles. The summed E-state index contributed by atoms with van der Waals surface area (Å²) in [5.74, 6) is -0.199. The first-order chi connectivity index (χ1) is 17.0. The Morgan fingerprint density at radius 1 is 1.11 bits per heavy atom. The first kappa shape index (κ1) is 29.9. The third-order valence-corrected chi connectivity index (χ3v) is 6.50. The maximum absolute atomic E-state index is 14.6. The van der Waals surface area contributed by atoms with E-state index >= 15 is 0 Å². The molecule has 3 atom stereocenters. The normalized spacial score (nSPS) is 14.3. The third kappa shape index (κ3) is 10.00. The molecule has 0 spiro atoms. The number of hydrogen-bond acceptors (Lipinski definition) is 5. The van der Waals surface area contributed by atoms with Crippen LogP contribution in [0.5, 0.6) is 0 Å². The zero-order valence-electron chi connectivity index (χ0n) is 22.8. The van der Waals surface area contributed by atoms with Gasteiger partial charge >= 0.3 is 5.97 Å². The lowest BCUT2D eigenvalue weighted by molar-refractivity contribution is -0.143. The Hall–Kier alpha value is -2.28. The van der Waals surface area contributed by atoms with Gasteiger partial charge in [-0.1, -0.05) is 43.3 Å². The molecule has 0 heterocycles. The smallest absolute Gasteiger partial charge is 0.306 e. The fraction of sp³-hybridized carbons (Fsp3) is 0.567. The van der Waals surface area contributed by atoms with Crippen LogP contribution in [0, 0.1) is 18.7 Å². The van der Waals surface area contributed by atoms with Crippen molar-refractivity contribution in [2.75, 3.05) is 19.8 Å². The highest BCUT2D eigenvalue weighted by molar-refractivity contribution is 5.69. The van der Waals surface area contributed by atoms with E-state index in [-0.39, 0.29) is 30.4 Å². The van der Waals surface area contributed by atoms with Crippen LogP contribution in [0.2, 0.25) is 0 Å². The predicted octanol–water partition coefficient (Wildman–Crippen LogP) is 5.71. The summed E-state index contributed by atoms with van der Waals surface area (Å²) in [5, 5.41) is 14.0. The number of halogens is 1. The Morgan fingerprint density at radius 2 is 1.81 bits per heavy atom. The monoisotopic (exact) mass is 501 g/mol. The van der Waals surface area contributed by atoms with E-state index in [4.69, 9.17) is 9.47 Å². The summed E-state index contributed by atoms with van der Waals surface area (Å²) < 4.78 is 25.5. The van der Waals surface area contributed by atoms with Gasteiger partial charge in [0.1, 0.15) is 5.82 Å². The molecular weight excluding hydrogens is 457 g/mol. The highest BCUT2D eigenvalue weighted by Crippen LogP contribution is 2.26. The van der Waals surface area contributed by atoms with Crippen molar-refractivity contribution in [1.29, 1.82) is 0 Å². The molecule has 2 aromatic rings. The van der Waals surface area contributed by atoms with Gasteiger partial charge in [-0.15, -0.1) is 0 Å². The Kier molecular flexibility index (Phi) is 12.0. The number of aliphatic hydroxyl groups excluding tert-OH is 1. The fourth-order valence-electron chi connectivity index (χ4n) is 4.75. The Balaban J connectivity index is 1.84. The van der Waals surface area contributed by atoms with E-state index in [1.807, 2.05) is 0 Å². The summed E-state index contributed by atoms with van der Waals surface area (Å²) in [6.45, 7) is 13.0. The number of carbonyl (C=O) groups is 1. The number of aliphatic hydroxyl groups is 1. The topological polar surface area (TPSA) is 67.8 Å². The number of ether oxygens (including phenoxy) is 2. The maximum atomic E-state index is 14.6. The van der Waals surface area contributed by atoms with Crippen LogP contribution in [0.1, 0.15) is 75.8 Å². The second-order valence-corrected chi connectivity index (χ2v) is 10.5. The molecular formula is C30H44FNO4. The SMILES string of the molecule is CCOC(=O)CCc1cccc(F)c1C(C)OCC(O)CNC(C)(C)CC(C)Cc1ccccc1C. The van der Waals surface area contributed by atoms with E-state index in [0.29, 0.717) is 36.6 Å². The van der Waals surface area contributed by atoms with Gasteiger partial charge in [-0.05, 0) is 82.6 Å². The second-order valence-electron chi connectivity index (χ2n) is 10.5. The standard InChI is InChI=1S/C30H44FNO4/c1-7-35-28(34)16-15-24-13-10-14-27(31)29(24)23(4)36-20-26(33)19-32-30(5,6)18-21(2)17-25-12-9-8-11-22(25)3/h8-14,21,23,26,32-33H,7,15-20H2,1-6H3. The molecule has 0 saturated carbocycles. The summed E-state index contributed by atoms with van der Waals surface area (Å²) in [6, 6.07) is 13.3. The molecule has 0 radical (unpaired) electrons. The minimum Gasteiger partial charge on any atom is -0.466 e. The van der Waals surface area contributed by atoms with E-state index in [1.54, 1.807) is 26.0 Å². The van der Waals surface area contributed by atoms with Crippen LogP contribution in [0.15, 0.2) is 42.5 Å². The zero-order valence-corrected chi connectivity index (χ0v) is 22.8. The van der Waals surface area contributed by atoms with Gasteiger partial charge in [0, 0.05) is 24.1 Å². The molecule has 0 fully saturated rings. The molecule has 0 aliphatic rings. The van der Waals surface area contributed by atoms with Crippen molar-refractivity contribution in [1.82, 2.24) is 5.32 Å². The van der Waals surface area contributed by atoms with E-state index in [2.05, 4.69) is 57.3 Å². The summed E-state index contributed by atoms with van der Waals surface area (Å²) in [6.07, 6.45) is 1.25. The lowest BCUT2D eigenvalue weighted by Crippen LogP contribution is -2.45. The maximum Gasteiger partial charge on any atom is 0.306 e. The van der Waals surface area contributed by atoms with Crippen molar-refractivity contribution >= 4 is 5.97 Å². The van der Waals surface area contributed by atoms with E-state index in [0.717, 1.165) is 12.8 Å². The summed E-state index contributed by atoms with van der Waals surface area (Å²) in [7, 11) is 0. The minimum absolute atomic E-state index is 0.0780. The number of carbonyl (C=O) groups excluding carboxylic acids is 1. The summed E-state index contributed by atoms with van der Waals surface area (Å²) in [5.41, 5.74) is 3.67. The Labute approximate surface area is 216 Å². The second kappa shape index (κ2) is 14.5. The van der Waals surface area contributed by atoms with Crippen molar-refractivity contribution in [3.8, 4) is 0 Å². The molecule has 0 aliphatic carbocycles. The lowest BCUT2D eigenvalue weighted by Gasteiger charge is -2.31. The van der Waals surface area contributed by atoms with Gasteiger partial charge in [0.05, 0.1) is 25.4 Å². The average molecular weight is 502 g/mol.